The number of hydrazine groups is 1. The number of carbonyl (C=O) groups excluding carboxylic acids is 1. The summed E-state index contributed by atoms with van der Waals surface area (Å²) < 4.78 is 0. The maximum atomic E-state index is 12.1. The Hall–Kier alpha value is -2.35. The highest BCUT2D eigenvalue weighted by Gasteiger charge is 2.20. The van der Waals surface area contributed by atoms with Crippen molar-refractivity contribution >= 4 is 46.2 Å². The van der Waals surface area contributed by atoms with E-state index >= 15 is 0 Å². The Labute approximate surface area is 175 Å². The Morgan fingerprint density at radius 2 is 1.71 bits per heavy atom. The average Bonchev–Trinajstić information content (AvgIpc) is 2.73. The number of quaternary nitrogens is 1. The van der Waals surface area contributed by atoms with Crippen LogP contribution in [0.4, 0.5) is 11.4 Å². The van der Waals surface area contributed by atoms with Crippen LogP contribution in [0.1, 0.15) is 6.42 Å². The Kier molecular flexibility index (Phi) is 7.47. The number of carbonyl (C=O) groups is 1. The number of anilines is 2. The van der Waals surface area contributed by atoms with Crippen molar-refractivity contribution < 1.29 is 9.69 Å². The van der Waals surface area contributed by atoms with Gasteiger partial charge < -0.3 is 15.1 Å². The average molecular weight is 419 g/mol. The molecule has 0 atom stereocenters. The van der Waals surface area contributed by atoms with Crippen LogP contribution in [0.3, 0.4) is 0 Å². The second kappa shape index (κ2) is 10.3. The van der Waals surface area contributed by atoms with Gasteiger partial charge in [0, 0.05) is 16.4 Å². The van der Waals surface area contributed by atoms with Crippen molar-refractivity contribution in [2.45, 2.75) is 6.42 Å². The topological polar surface area (TPSA) is 60.8 Å². The first-order valence-corrected chi connectivity index (χ1v) is 10.1. The zero-order chi connectivity index (χ0) is 19.8. The van der Waals surface area contributed by atoms with E-state index in [1.165, 1.54) is 10.6 Å². The number of rotatable bonds is 5. The first-order chi connectivity index (χ1) is 13.6. The number of halogens is 1. The van der Waals surface area contributed by atoms with E-state index in [0.717, 1.165) is 38.4 Å². The maximum Gasteiger partial charge on any atom is 0.244 e. The number of thiocarbonyl (C=S) groups is 1. The van der Waals surface area contributed by atoms with Crippen molar-refractivity contribution in [2.75, 3.05) is 42.9 Å². The molecule has 6 nitrogen and oxygen atoms in total. The van der Waals surface area contributed by atoms with Gasteiger partial charge in [-0.2, -0.15) is 0 Å². The molecule has 2 aromatic rings. The Morgan fingerprint density at radius 1 is 1.04 bits per heavy atom. The SMILES string of the molecule is O=C(CC[NH+]1CCN(c2ccccc2)CC1)NNC(=S)Nc1ccc(Cl)cc1. The fourth-order valence-electron chi connectivity index (χ4n) is 3.14. The highest BCUT2D eigenvalue weighted by atomic mass is 35.5. The van der Waals surface area contributed by atoms with Crippen LogP contribution in [0, 0.1) is 0 Å². The molecule has 2 aromatic carbocycles. The van der Waals surface area contributed by atoms with Crippen LogP contribution in [0.15, 0.2) is 54.6 Å². The molecule has 1 heterocycles. The summed E-state index contributed by atoms with van der Waals surface area (Å²) in [5.41, 5.74) is 7.45. The van der Waals surface area contributed by atoms with Crippen molar-refractivity contribution in [3.8, 4) is 0 Å². The lowest BCUT2D eigenvalue weighted by molar-refractivity contribution is -0.900. The minimum absolute atomic E-state index is 0.0711. The van der Waals surface area contributed by atoms with Crippen molar-refractivity contribution in [2.24, 2.45) is 0 Å². The van der Waals surface area contributed by atoms with Gasteiger partial charge in [0.05, 0.1) is 39.1 Å². The van der Waals surface area contributed by atoms with E-state index in [9.17, 15) is 4.79 Å². The molecule has 0 unspecified atom stereocenters. The summed E-state index contributed by atoms with van der Waals surface area (Å²) in [6, 6.07) is 17.6. The Morgan fingerprint density at radius 3 is 2.39 bits per heavy atom. The number of hydrogen-bond donors (Lipinski definition) is 4. The Bertz CT molecular complexity index is 779. The number of piperazine rings is 1. The number of amides is 1. The van der Waals surface area contributed by atoms with E-state index in [1.54, 1.807) is 12.1 Å². The molecule has 0 saturated carbocycles. The van der Waals surface area contributed by atoms with E-state index < -0.39 is 0 Å². The van der Waals surface area contributed by atoms with E-state index in [4.69, 9.17) is 23.8 Å². The fourth-order valence-corrected chi connectivity index (χ4v) is 3.44. The molecule has 1 saturated heterocycles. The lowest BCUT2D eigenvalue weighted by Gasteiger charge is -2.33. The summed E-state index contributed by atoms with van der Waals surface area (Å²) >= 11 is 11.0. The fraction of sp³-hybridized carbons (Fsp3) is 0.300. The third-order valence-electron chi connectivity index (χ3n) is 4.72. The summed E-state index contributed by atoms with van der Waals surface area (Å²) in [4.78, 5) is 15.9. The van der Waals surface area contributed by atoms with E-state index in [0.29, 0.717) is 16.6 Å². The smallest absolute Gasteiger partial charge is 0.244 e. The summed E-state index contributed by atoms with van der Waals surface area (Å²) in [5, 5.41) is 3.98. The van der Waals surface area contributed by atoms with Gasteiger partial charge in [0.25, 0.3) is 0 Å². The number of para-hydroxylation sites is 1. The molecule has 1 aliphatic heterocycles. The monoisotopic (exact) mass is 418 g/mol. The molecular weight excluding hydrogens is 394 g/mol. The van der Waals surface area contributed by atoms with E-state index in [1.807, 2.05) is 18.2 Å². The third kappa shape index (κ3) is 6.37. The molecule has 1 aliphatic rings. The zero-order valence-electron chi connectivity index (χ0n) is 15.6. The summed E-state index contributed by atoms with van der Waals surface area (Å²) in [7, 11) is 0. The van der Waals surface area contributed by atoms with Crippen LogP contribution in [0.25, 0.3) is 0 Å². The summed E-state index contributed by atoms with van der Waals surface area (Å²) in [5.74, 6) is -0.0711. The van der Waals surface area contributed by atoms with Crippen molar-refractivity contribution in [3.05, 3.63) is 59.6 Å². The minimum atomic E-state index is -0.0711. The standard InChI is InChI=1S/C20H24ClN5OS/c21-16-6-8-17(9-7-16)22-20(28)24-23-19(27)10-11-25-12-14-26(15-13-25)18-4-2-1-3-5-18/h1-9H,10-15H2,(H,23,27)(H2,22,24,28)/p+1. The zero-order valence-corrected chi connectivity index (χ0v) is 17.2. The van der Waals surface area contributed by atoms with Gasteiger partial charge in [0.1, 0.15) is 0 Å². The first kappa shape index (κ1) is 20.4. The molecule has 8 heteroatoms. The second-order valence-corrected chi connectivity index (χ2v) is 7.55. The number of hydrogen-bond acceptors (Lipinski definition) is 3. The summed E-state index contributed by atoms with van der Waals surface area (Å²) in [6.07, 6.45) is 0.456. The lowest BCUT2D eigenvalue weighted by atomic mass is 10.2. The van der Waals surface area contributed by atoms with Gasteiger partial charge in [-0.1, -0.05) is 29.8 Å². The van der Waals surface area contributed by atoms with Crippen LogP contribution in [-0.2, 0) is 4.79 Å². The largest absolute Gasteiger partial charge is 0.360 e. The van der Waals surface area contributed by atoms with E-state index in [-0.39, 0.29) is 5.91 Å². The number of benzene rings is 2. The Balaban J connectivity index is 1.31. The van der Waals surface area contributed by atoms with Gasteiger partial charge in [-0.15, -0.1) is 0 Å². The van der Waals surface area contributed by atoms with Gasteiger partial charge in [-0.25, -0.2) is 0 Å². The molecule has 148 valence electrons. The van der Waals surface area contributed by atoms with Gasteiger partial charge in [0.2, 0.25) is 5.91 Å². The predicted molar refractivity (Wildman–Crippen MR) is 118 cm³/mol. The highest BCUT2D eigenvalue weighted by molar-refractivity contribution is 7.80. The van der Waals surface area contributed by atoms with Crippen LogP contribution in [0.2, 0.25) is 5.02 Å². The van der Waals surface area contributed by atoms with Crippen molar-refractivity contribution in [3.63, 3.8) is 0 Å². The van der Waals surface area contributed by atoms with Gasteiger partial charge in [-0.05, 0) is 48.6 Å². The lowest BCUT2D eigenvalue weighted by Crippen LogP contribution is -3.15. The van der Waals surface area contributed by atoms with Gasteiger partial charge >= 0.3 is 0 Å². The van der Waals surface area contributed by atoms with Gasteiger partial charge in [-0.3, -0.25) is 15.6 Å². The molecule has 28 heavy (non-hydrogen) atoms. The first-order valence-electron chi connectivity index (χ1n) is 9.35. The molecule has 4 N–H and O–H groups in total. The molecular formula is C20H25ClN5OS+. The van der Waals surface area contributed by atoms with E-state index in [2.05, 4.69) is 45.3 Å². The molecule has 0 spiro atoms. The van der Waals surface area contributed by atoms with Crippen molar-refractivity contribution in [1.82, 2.24) is 10.9 Å². The highest BCUT2D eigenvalue weighted by Crippen LogP contribution is 2.13. The molecule has 0 radical (unpaired) electrons. The molecule has 3 rings (SSSR count). The van der Waals surface area contributed by atoms with Crippen LogP contribution < -0.4 is 26.0 Å². The molecule has 0 aliphatic carbocycles. The van der Waals surface area contributed by atoms with Gasteiger partial charge in [0.15, 0.2) is 5.11 Å². The maximum absolute atomic E-state index is 12.1. The molecule has 1 fully saturated rings. The van der Waals surface area contributed by atoms with Crippen LogP contribution in [0.5, 0.6) is 0 Å². The van der Waals surface area contributed by atoms with Crippen LogP contribution in [-0.4, -0.2) is 43.7 Å². The third-order valence-corrected chi connectivity index (χ3v) is 5.17. The quantitative estimate of drug-likeness (QED) is 0.437. The van der Waals surface area contributed by atoms with Crippen molar-refractivity contribution in [1.29, 1.82) is 0 Å². The second-order valence-electron chi connectivity index (χ2n) is 6.71. The minimum Gasteiger partial charge on any atom is -0.360 e. The summed E-state index contributed by atoms with van der Waals surface area (Å²) in [6.45, 7) is 4.90. The molecule has 0 bridgehead atoms. The van der Waals surface area contributed by atoms with Crippen LogP contribution >= 0.6 is 23.8 Å². The number of nitrogens with zero attached hydrogens (tertiary/aromatic N) is 1. The number of nitrogens with one attached hydrogen (secondary N) is 4. The molecule has 1 amide bonds. The normalized spacial score (nSPS) is 14.4. The molecule has 0 aromatic heterocycles. The predicted octanol–water partition coefficient (Wildman–Crippen LogP) is 1.45.